The van der Waals surface area contributed by atoms with Crippen LogP contribution in [0.4, 0.5) is 0 Å². The molecule has 4 nitrogen and oxygen atoms in total. The predicted octanol–water partition coefficient (Wildman–Crippen LogP) is 1.86. The molecule has 0 fully saturated rings. The van der Waals surface area contributed by atoms with Gasteiger partial charge in [-0.05, 0) is 12.1 Å². The fraction of sp³-hybridized carbons (Fsp3) is 0.200. The van der Waals surface area contributed by atoms with Gasteiger partial charge in [-0.25, -0.2) is 4.98 Å². The maximum Gasteiger partial charge on any atom is 0.142 e. The molecule has 0 aromatic carbocycles. The van der Waals surface area contributed by atoms with E-state index in [9.17, 15) is 0 Å². The van der Waals surface area contributed by atoms with Gasteiger partial charge in [0.2, 0.25) is 0 Å². The molecule has 0 atom stereocenters. The summed E-state index contributed by atoms with van der Waals surface area (Å²) in [6, 6.07) is 5.80. The zero-order valence-corrected chi connectivity index (χ0v) is 9.12. The largest absolute Gasteiger partial charge is 0.305 e. The lowest BCUT2D eigenvalue weighted by Crippen LogP contribution is -2.10. The Labute approximate surface area is 91.9 Å². The van der Waals surface area contributed by atoms with Crippen molar-refractivity contribution in [3.8, 4) is 10.7 Å². The van der Waals surface area contributed by atoms with Crippen LogP contribution in [0.1, 0.15) is 5.69 Å². The highest BCUT2D eigenvalue weighted by Crippen LogP contribution is 2.20. The Balaban J connectivity index is 2.14. The predicted molar refractivity (Wildman–Crippen MR) is 59.2 cm³/mol. The molecular formula is C10H11N3OS. The van der Waals surface area contributed by atoms with Crippen LogP contribution in [0.5, 0.6) is 0 Å². The van der Waals surface area contributed by atoms with Gasteiger partial charge < -0.3 is 4.84 Å². The Morgan fingerprint density at radius 3 is 3.13 bits per heavy atom. The first-order valence-electron chi connectivity index (χ1n) is 4.52. The van der Waals surface area contributed by atoms with E-state index in [1.54, 1.807) is 24.6 Å². The van der Waals surface area contributed by atoms with E-state index in [1.807, 2.05) is 23.6 Å². The average Bonchev–Trinajstić information content (AvgIpc) is 2.76. The Morgan fingerprint density at radius 1 is 1.47 bits per heavy atom. The second-order valence-electron chi connectivity index (χ2n) is 2.88. The molecule has 0 bridgehead atoms. The average molecular weight is 221 g/mol. The molecule has 0 aliphatic rings. The van der Waals surface area contributed by atoms with Gasteiger partial charge in [0.1, 0.15) is 5.01 Å². The first kappa shape index (κ1) is 10.2. The third-order valence-corrected chi connectivity index (χ3v) is 2.75. The van der Waals surface area contributed by atoms with Crippen LogP contribution >= 0.6 is 11.3 Å². The highest BCUT2D eigenvalue weighted by atomic mass is 32.1. The quantitative estimate of drug-likeness (QED) is 0.800. The summed E-state index contributed by atoms with van der Waals surface area (Å²) >= 11 is 1.58. The molecule has 0 spiro atoms. The number of thiazole rings is 1. The second-order valence-corrected chi connectivity index (χ2v) is 3.74. The van der Waals surface area contributed by atoms with Crippen LogP contribution < -0.4 is 5.48 Å². The highest BCUT2D eigenvalue weighted by Gasteiger charge is 2.04. The third kappa shape index (κ3) is 2.59. The zero-order valence-electron chi connectivity index (χ0n) is 8.30. The first-order valence-corrected chi connectivity index (χ1v) is 5.40. The van der Waals surface area contributed by atoms with E-state index in [2.05, 4.69) is 15.4 Å². The number of rotatable bonds is 4. The van der Waals surface area contributed by atoms with E-state index >= 15 is 0 Å². The Morgan fingerprint density at radius 2 is 2.40 bits per heavy atom. The number of hydrogen-bond acceptors (Lipinski definition) is 5. The van der Waals surface area contributed by atoms with E-state index < -0.39 is 0 Å². The Bertz CT molecular complexity index is 416. The van der Waals surface area contributed by atoms with Gasteiger partial charge in [0.05, 0.1) is 25.0 Å². The molecule has 0 radical (unpaired) electrons. The molecule has 2 aromatic rings. The van der Waals surface area contributed by atoms with Crippen molar-refractivity contribution in [2.45, 2.75) is 6.54 Å². The summed E-state index contributed by atoms with van der Waals surface area (Å²) in [5.41, 5.74) is 4.62. The molecule has 0 aliphatic carbocycles. The van der Waals surface area contributed by atoms with Crippen molar-refractivity contribution in [1.29, 1.82) is 0 Å². The minimum atomic E-state index is 0.611. The maximum absolute atomic E-state index is 4.76. The maximum atomic E-state index is 4.76. The van der Waals surface area contributed by atoms with Crippen LogP contribution in [0.2, 0.25) is 0 Å². The van der Waals surface area contributed by atoms with Crippen molar-refractivity contribution in [3.05, 3.63) is 35.5 Å². The summed E-state index contributed by atoms with van der Waals surface area (Å²) in [5, 5.41) is 2.93. The van der Waals surface area contributed by atoms with E-state index in [0.717, 1.165) is 16.4 Å². The molecule has 0 unspecified atom stereocenters. The summed E-state index contributed by atoms with van der Waals surface area (Å²) in [5.74, 6) is 0. The lowest BCUT2D eigenvalue weighted by molar-refractivity contribution is 0.0860. The van der Waals surface area contributed by atoms with E-state index in [4.69, 9.17) is 4.84 Å². The summed E-state index contributed by atoms with van der Waals surface area (Å²) in [7, 11) is 1.59. The van der Waals surface area contributed by atoms with Gasteiger partial charge in [-0.15, -0.1) is 11.3 Å². The number of nitrogens with zero attached hydrogens (tertiary/aromatic N) is 2. The molecule has 0 saturated carbocycles. The van der Waals surface area contributed by atoms with E-state index in [0.29, 0.717) is 6.54 Å². The van der Waals surface area contributed by atoms with Crippen LogP contribution in [0.3, 0.4) is 0 Å². The SMILES string of the molecule is CONCc1csc(-c2ccccn2)n1. The van der Waals surface area contributed by atoms with Gasteiger partial charge in [0, 0.05) is 11.6 Å². The van der Waals surface area contributed by atoms with Gasteiger partial charge in [-0.1, -0.05) is 6.07 Å². The molecule has 1 N–H and O–H groups in total. The summed E-state index contributed by atoms with van der Waals surface area (Å²) in [6.07, 6.45) is 1.77. The van der Waals surface area contributed by atoms with Crippen LogP contribution in [0, 0.1) is 0 Å². The van der Waals surface area contributed by atoms with Crippen molar-refractivity contribution in [2.24, 2.45) is 0 Å². The lowest BCUT2D eigenvalue weighted by atomic mass is 10.4. The number of pyridine rings is 1. The number of hydroxylamine groups is 1. The molecular weight excluding hydrogens is 210 g/mol. The molecule has 0 amide bonds. The van der Waals surface area contributed by atoms with Crippen molar-refractivity contribution in [1.82, 2.24) is 15.4 Å². The van der Waals surface area contributed by atoms with Gasteiger partial charge in [-0.3, -0.25) is 4.98 Å². The van der Waals surface area contributed by atoms with Crippen LogP contribution in [-0.2, 0) is 11.4 Å². The number of hydrogen-bond donors (Lipinski definition) is 1. The monoisotopic (exact) mass is 221 g/mol. The highest BCUT2D eigenvalue weighted by molar-refractivity contribution is 7.13. The second kappa shape index (κ2) is 4.97. The molecule has 2 heterocycles. The van der Waals surface area contributed by atoms with Crippen molar-refractivity contribution < 1.29 is 4.84 Å². The minimum Gasteiger partial charge on any atom is -0.305 e. The fourth-order valence-corrected chi connectivity index (χ4v) is 1.94. The summed E-state index contributed by atoms with van der Waals surface area (Å²) in [4.78, 5) is 13.4. The van der Waals surface area contributed by atoms with E-state index in [-0.39, 0.29) is 0 Å². The van der Waals surface area contributed by atoms with Crippen molar-refractivity contribution >= 4 is 11.3 Å². The zero-order chi connectivity index (χ0) is 10.5. The van der Waals surface area contributed by atoms with Crippen molar-refractivity contribution in [2.75, 3.05) is 7.11 Å². The van der Waals surface area contributed by atoms with E-state index in [1.165, 1.54) is 0 Å². The molecule has 2 aromatic heterocycles. The number of nitrogens with one attached hydrogen (secondary N) is 1. The molecule has 15 heavy (non-hydrogen) atoms. The standard InChI is InChI=1S/C10H11N3OS/c1-14-12-6-8-7-15-10(13-8)9-4-2-3-5-11-9/h2-5,7,12H,6H2,1H3. The van der Waals surface area contributed by atoms with Gasteiger partial charge >= 0.3 is 0 Å². The smallest absolute Gasteiger partial charge is 0.142 e. The third-order valence-electron chi connectivity index (χ3n) is 1.83. The summed E-state index contributed by atoms with van der Waals surface area (Å²) in [6.45, 7) is 0.611. The molecule has 0 saturated heterocycles. The molecule has 2 rings (SSSR count). The van der Waals surface area contributed by atoms with Gasteiger partial charge in [-0.2, -0.15) is 5.48 Å². The normalized spacial score (nSPS) is 10.5. The van der Waals surface area contributed by atoms with Gasteiger partial charge in [0.15, 0.2) is 0 Å². The van der Waals surface area contributed by atoms with Crippen LogP contribution in [0.15, 0.2) is 29.8 Å². The van der Waals surface area contributed by atoms with Crippen LogP contribution in [0.25, 0.3) is 10.7 Å². The molecule has 0 aliphatic heterocycles. The molecule has 5 heteroatoms. The van der Waals surface area contributed by atoms with Crippen LogP contribution in [-0.4, -0.2) is 17.1 Å². The topological polar surface area (TPSA) is 47.0 Å². The number of aromatic nitrogens is 2. The van der Waals surface area contributed by atoms with Crippen molar-refractivity contribution in [3.63, 3.8) is 0 Å². The first-order chi connectivity index (χ1) is 7.40. The molecule has 78 valence electrons. The lowest BCUT2D eigenvalue weighted by Gasteiger charge is -1.96. The Hall–Kier alpha value is -1.30. The summed E-state index contributed by atoms with van der Waals surface area (Å²) < 4.78 is 0. The minimum absolute atomic E-state index is 0.611. The fourth-order valence-electron chi connectivity index (χ4n) is 1.14. The van der Waals surface area contributed by atoms with Gasteiger partial charge in [0.25, 0.3) is 0 Å². The Kier molecular flexibility index (Phi) is 3.39.